The first-order chi connectivity index (χ1) is 14.0. The van der Waals surface area contributed by atoms with Crippen LogP contribution in [0.15, 0.2) is 16.7 Å². The maximum Gasteiger partial charge on any atom is 0.422 e. The van der Waals surface area contributed by atoms with Crippen LogP contribution in [0.2, 0.25) is 0 Å². The van der Waals surface area contributed by atoms with Gasteiger partial charge in [-0.1, -0.05) is 13.3 Å². The van der Waals surface area contributed by atoms with Crippen molar-refractivity contribution in [2.45, 2.75) is 44.7 Å². The van der Waals surface area contributed by atoms with E-state index in [1.807, 2.05) is 0 Å². The number of nitrogens with zero attached hydrogens (tertiary/aromatic N) is 1. The van der Waals surface area contributed by atoms with Crippen LogP contribution in [0.4, 0.5) is 18.0 Å². The smallest absolute Gasteiger partial charge is 0.422 e. The fourth-order valence-corrected chi connectivity index (χ4v) is 4.87. The fraction of sp³-hybridized carbons (Fsp3) is 0.667. The van der Waals surface area contributed by atoms with Crippen LogP contribution in [-0.2, 0) is 14.6 Å². The maximum atomic E-state index is 12.4. The standard InChI is InChI=1S/C18H25F3N2O6S/c1-2-13(15-8-14(10-28-15)29-12-18(19,20)21)11-30(26,27)7-5-3-4-6-23-9-16(24)22-17(23)25/h8,10,13H,2-7,9,11-12H2,1H3,(H,22,24,25)/t13-/m0/s1. The molecule has 8 nitrogen and oxygen atoms in total. The molecule has 1 aliphatic heterocycles. The van der Waals surface area contributed by atoms with Crippen molar-refractivity contribution < 1.29 is 40.3 Å². The van der Waals surface area contributed by atoms with Gasteiger partial charge in [0.05, 0.1) is 11.5 Å². The van der Waals surface area contributed by atoms with Crippen molar-refractivity contribution in [3.8, 4) is 5.75 Å². The molecule has 0 aromatic carbocycles. The van der Waals surface area contributed by atoms with Crippen LogP contribution >= 0.6 is 0 Å². The Hall–Kier alpha value is -2.24. The van der Waals surface area contributed by atoms with E-state index < -0.39 is 34.6 Å². The third-order valence-corrected chi connectivity index (χ3v) is 6.42. The molecular weight excluding hydrogens is 429 g/mol. The topological polar surface area (TPSA) is 106 Å². The fourth-order valence-electron chi connectivity index (χ4n) is 3.05. The van der Waals surface area contributed by atoms with Crippen LogP contribution in [-0.4, -0.2) is 62.6 Å². The summed E-state index contributed by atoms with van der Waals surface area (Å²) in [6.07, 6.45) is -1.45. The summed E-state index contributed by atoms with van der Waals surface area (Å²) in [6, 6.07) is 0.855. The summed E-state index contributed by atoms with van der Waals surface area (Å²) in [7, 11) is -3.41. The Morgan fingerprint density at radius 2 is 2.00 bits per heavy atom. The van der Waals surface area contributed by atoms with E-state index in [0.717, 1.165) is 6.26 Å². The van der Waals surface area contributed by atoms with Crippen molar-refractivity contribution in [2.75, 3.05) is 31.2 Å². The highest BCUT2D eigenvalue weighted by Gasteiger charge is 2.29. The van der Waals surface area contributed by atoms with Gasteiger partial charge in [0.25, 0.3) is 0 Å². The Morgan fingerprint density at radius 1 is 1.27 bits per heavy atom. The molecule has 0 spiro atoms. The molecule has 1 aromatic rings. The van der Waals surface area contributed by atoms with Crippen molar-refractivity contribution in [3.63, 3.8) is 0 Å². The third-order valence-electron chi connectivity index (χ3n) is 4.60. The second-order valence-electron chi connectivity index (χ2n) is 7.14. The van der Waals surface area contributed by atoms with Crippen molar-refractivity contribution in [2.24, 2.45) is 0 Å². The van der Waals surface area contributed by atoms with E-state index in [1.54, 1.807) is 6.92 Å². The molecule has 0 bridgehead atoms. The average molecular weight is 454 g/mol. The molecule has 170 valence electrons. The molecule has 1 aliphatic rings. The van der Waals surface area contributed by atoms with Gasteiger partial charge in [-0.3, -0.25) is 10.1 Å². The van der Waals surface area contributed by atoms with Gasteiger partial charge >= 0.3 is 12.2 Å². The number of rotatable bonds is 12. The SMILES string of the molecule is CC[C@@H](CS(=O)(=O)CCCCCN1CC(=O)NC1=O)c1cc(OCC(F)(F)F)co1. The average Bonchev–Trinajstić information content (AvgIpc) is 3.23. The number of amides is 3. The molecule has 3 amide bonds. The molecule has 0 unspecified atom stereocenters. The molecule has 0 saturated carbocycles. The predicted octanol–water partition coefficient (Wildman–Crippen LogP) is 2.85. The predicted molar refractivity (Wildman–Crippen MR) is 101 cm³/mol. The van der Waals surface area contributed by atoms with Crippen LogP contribution in [0.1, 0.15) is 44.3 Å². The van der Waals surface area contributed by atoms with E-state index in [-0.39, 0.29) is 35.5 Å². The highest BCUT2D eigenvalue weighted by Crippen LogP contribution is 2.28. The summed E-state index contributed by atoms with van der Waals surface area (Å²) in [5, 5.41) is 2.17. The molecule has 0 radical (unpaired) electrons. The zero-order valence-electron chi connectivity index (χ0n) is 16.5. The number of halogens is 3. The van der Waals surface area contributed by atoms with Crippen LogP contribution in [0.25, 0.3) is 0 Å². The van der Waals surface area contributed by atoms with E-state index in [2.05, 4.69) is 10.1 Å². The quantitative estimate of drug-likeness (QED) is 0.385. The monoisotopic (exact) mass is 454 g/mol. The van der Waals surface area contributed by atoms with Crippen LogP contribution in [0.3, 0.4) is 0 Å². The summed E-state index contributed by atoms with van der Waals surface area (Å²) in [4.78, 5) is 23.9. The second kappa shape index (κ2) is 10.2. The number of carbonyl (C=O) groups excluding carboxylic acids is 2. The van der Waals surface area contributed by atoms with Crippen molar-refractivity contribution in [1.29, 1.82) is 0 Å². The largest absolute Gasteiger partial charge is 0.481 e. The number of hydrogen-bond acceptors (Lipinski definition) is 6. The Labute approximate surface area is 172 Å². The summed E-state index contributed by atoms with van der Waals surface area (Å²) >= 11 is 0. The molecule has 1 N–H and O–H groups in total. The number of unbranched alkanes of at least 4 members (excludes halogenated alkanes) is 2. The molecular formula is C18H25F3N2O6S. The molecule has 1 saturated heterocycles. The second-order valence-corrected chi connectivity index (χ2v) is 9.37. The molecule has 2 heterocycles. The van der Waals surface area contributed by atoms with Gasteiger partial charge in [0.15, 0.2) is 22.2 Å². The minimum absolute atomic E-state index is 0.0210. The van der Waals surface area contributed by atoms with E-state index in [4.69, 9.17) is 4.42 Å². The van der Waals surface area contributed by atoms with E-state index in [9.17, 15) is 31.2 Å². The Balaban J connectivity index is 1.76. The first-order valence-electron chi connectivity index (χ1n) is 9.56. The number of nitrogens with one attached hydrogen (secondary N) is 1. The summed E-state index contributed by atoms with van der Waals surface area (Å²) in [5.41, 5.74) is 0. The summed E-state index contributed by atoms with van der Waals surface area (Å²) in [5.74, 6) is -0.896. The number of sulfone groups is 1. The lowest BCUT2D eigenvalue weighted by molar-refractivity contribution is -0.153. The van der Waals surface area contributed by atoms with Gasteiger partial charge in [0.1, 0.15) is 18.6 Å². The van der Waals surface area contributed by atoms with E-state index in [0.29, 0.717) is 32.2 Å². The minimum atomic E-state index is -4.47. The Bertz CT molecular complexity index is 837. The molecule has 1 atom stereocenters. The molecule has 1 fully saturated rings. The number of hydrogen-bond donors (Lipinski definition) is 1. The molecule has 12 heteroatoms. The number of carbonyl (C=O) groups is 2. The number of alkyl halides is 3. The van der Waals surface area contributed by atoms with Crippen LogP contribution in [0.5, 0.6) is 5.75 Å². The molecule has 0 aliphatic carbocycles. The number of urea groups is 1. The zero-order valence-corrected chi connectivity index (χ0v) is 17.4. The Morgan fingerprint density at radius 3 is 2.60 bits per heavy atom. The van der Waals surface area contributed by atoms with Gasteiger partial charge in [-0.25, -0.2) is 13.2 Å². The first-order valence-corrected chi connectivity index (χ1v) is 11.4. The minimum Gasteiger partial charge on any atom is -0.481 e. The highest BCUT2D eigenvalue weighted by atomic mass is 32.2. The number of imide groups is 1. The van der Waals surface area contributed by atoms with Gasteiger partial charge in [0, 0.05) is 18.5 Å². The van der Waals surface area contributed by atoms with Crippen LogP contribution in [0, 0.1) is 0 Å². The van der Waals surface area contributed by atoms with Crippen molar-refractivity contribution >= 4 is 21.8 Å². The van der Waals surface area contributed by atoms with E-state index in [1.165, 1.54) is 11.0 Å². The summed E-state index contributed by atoms with van der Waals surface area (Å²) < 4.78 is 71.3. The lowest BCUT2D eigenvalue weighted by atomic mass is 10.1. The molecule has 30 heavy (non-hydrogen) atoms. The lowest BCUT2D eigenvalue weighted by Gasteiger charge is -2.14. The van der Waals surface area contributed by atoms with Gasteiger partial charge < -0.3 is 14.1 Å². The number of ether oxygens (including phenoxy) is 1. The Kier molecular flexibility index (Phi) is 8.16. The lowest BCUT2D eigenvalue weighted by Crippen LogP contribution is -2.29. The van der Waals surface area contributed by atoms with E-state index >= 15 is 0 Å². The third kappa shape index (κ3) is 7.88. The molecule has 1 aromatic heterocycles. The zero-order chi connectivity index (χ0) is 22.4. The van der Waals surface area contributed by atoms with Gasteiger partial charge in [0.2, 0.25) is 5.91 Å². The van der Waals surface area contributed by atoms with Crippen molar-refractivity contribution in [3.05, 3.63) is 18.1 Å². The van der Waals surface area contributed by atoms with Gasteiger partial charge in [-0.15, -0.1) is 0 Å². The van der Waals surface area contributed by atoms with Gasteiger partial charge in [-0.2, -0.15) is 13.2 Å². The van der Waals surface area contributed by atoms with Gasteiger partial charge in [-0.05, 0) is 19.3 Å². The first kappa shape index (κ1) is 24.0. The normalized spacial score (nSPS) is 16.1. The number of furan rings is 1. The summed E-state index contributed by atoms with van der Waals surface area (Å²) in [6.45, 7) is 0.713. The molecule has 2 rings (SSSR count). The van der Waals surface area contributed by atoms with Crippen molar-refractivity contribution in [1.82, 2.24) is 10.2 Å². The highest BCUT2D eigenvalue weighted by molar-refractivity contribution is 7.91. The maximum absolute atomic E-state index is 12.4. The van der Waals surface area contributed by atoms with Crippen LogP contribution < -0.4 is 10.1 Å².